The molecule has 1 aliphatic rings. The molecule has 0 saturated heterocycles. The molecule has 0 saturated carbocycles. The minimum atomic E-state index is -0.792. The molecule has 1 aromatic heterocycles. The zero-order chi connectivity index (χ0) is 32.2. The molecule has 1 aliphatic heterocycles. The highest BCUT2D eigenvalue weighted by atomic mass is 79.9. The second-order valence-corrected chi connectivity index (χ2v) is 13.1. The summed E-state index contributed by atoms with van der Waals surface area (Å²) in [6.45, 7) is 4.85. The highest BCUT2D eigenvalue weighted by molar-refractivity contribution is 9.11. The standard InChI is InChI=1S/C32H26Br2Cl2N2O6S/c1-4-42-25-9-7-18(13-26(25)43-5-2)28-21(31(40)41-3)15-37-32-38(28)30(39)27(45-32)12-17-10-22(33)29(23(34)11-17)44-16-19-6-8-20(35)14-24(19)36/h6-15,28H,4-5,16H2,1-3H3/b27-12-/t28-/m0/s1. The van der Waals surface area contributed by atoms with Gasteiger partial charge in [-0.1, -0.05) is 46.7 Å². The first-order valence-electron chi connectivity index (χ1n) is 13.7. The number of rotatable bonds is 10. The molecule has 0 unspecified atom stereocenters. The van der Waals surface area contributed by atoms with Gasteiger partial charge in [-0.2, -0.15) is 0 Å². The second-order valence-electron chi connectivity index (χ2n) is 9.59. The number of esters is 1. The molecule has 0 N–H and O–H groups in total. The predicted octanol–water partition coefficient (Wildman–Crippen LogP) is 7.23. The number of carbonyl (C=O) groups is 1. The summed E-state index contributed by atoms with van der Waals surface area (Å²) in [4.78, 5) is 31.7. The largest absolute Gasteiger partial charge is 0.490 e. The number of fused-ring (bicyclic) bond motifs is 1. The average Bonchev–Trinajstić information content (AvgIpc) is 3.32. The Bertz CT molecular complexity index is 1970. The summed E-state index contributed by atoms with van der Waals surface area (Å²) in [5, 5.41) is 1.05. The minimum Gasteiger partial charge on any atom is -0.490 e. The molecule has 0 spiro atoms. The van der Waals surface area contributed by atoms with Crippen LogP contribution in [0.4, 0.5) is 0 Å². The molecule has 0 amide bonds. The molecule has 4 aromatic rings. The van der Waals surface area contributed by atoms with Crippen LogP contribution in [0.15, 0.2) is 79.0 Å². The third-order valence-electron chi connectivity index (χ3n) is 6.71. The molecule has 8 nitrogen and oxygen atoms in total. The fourth-order valence-corrected chi connectivity index (χ4v) is 7.61. The van der Waals surface area contributed by atoms with Crippen LogP contribution >= 0.6 is 66.4 Å². The lowest BCUT2D eigenvalue weighted by Gasteiger charge is -2.23. The highest BCUT2D eigenvalue weighted by Gasteiger charge is 2.31. The van der Waals surface area contributed by atoms with Crippen LogP contribution in [0, 0.1) is 0 Å². The Hall–Kier alpha value is -3.09. The summed E-state index contributed by atoms with van der Waals surface area (Å²) >= 11 is 20.7. The van der Waals surface area contributed by atoms with Crippen LogP contribution in [0.1, 0.15) is 36.6 Å². The first kappa shape index (κ1) is 33.3. The molecule has 0 radical (unpaired) electrons. The van der Waals surface area contributed by atoms with Crippen LogP contribution in [-0.4, -0.2) is 30.9 Å². The Labute approximate surface area is 289 Å². The molecule has 0 fully saturated rings. The molecule has 13 heteroatoms. The van der Waals surface area contributed by atoms with E-state index in [1.165, 1.54) is 29.2 Å². The molecule has 3 aromatic carbocycles. The average molecular weight is 797 g/mol. The maximum atomic E-state index is 14.0. The molecular weight excluding hydrogens is 771 g/mol. The Morgan fingerprint density at radius 1 is 1.00 bits per heavy atom. The maximum absolute atomic E-state index is 14.0. The second kappa shape index (κ2) is 14.6. The van der Waals surface area contributed by atoms with E-state index in [1.54, 1.807) is 30.3 Å². The fourth-order valence-electron chi connectivity index (χ4n) is 4.73. The number of hydrogen-bond acceptors (Lipinski definition) is 8. The summed E-state index contributed by atoms with van der Waals surface area (Å²) < 4.78 is 25.9. The molecule has 1 atom stereocenters. The molecular formula is C32H26Br2Cl2N2O6S. The lowest BCUT2D eigenvalue weighted by Crippen LogP contribution is -2.39. The number of nitrogens with zero attached hydrogens (tertiary/aromatic N) is 2. The van der Waals surface area contributed by atoms with Crippen molar-refractivity contribution in [3.63, 3.8) is 0 Å². The van der Waals surface area contributed by atoms with Gasteiger partial charge in [-0.05, 0) is 99.3 Å². The fraction of sp³-hybridized carbons (Fsp3) is 0.219. The van der Waals surface area contributed by atoms with Gasteiger partial charge in [0.1, 0.15) is 12.4 Å². The van der Waals surface area contributed by atoms with Crippen molar-refractivity contribution < 1.29 is 23.7 Å². The Morgan fingerprint density at radius 3 is 2.38 bits per heavy atom. The third kappa shape index (κ3) is 7.18. The van der Waals surface area contributed by atoms with Gasteiger partial charge in [-0.15, -0.1) is 0 Å². The number of benzene rings is 3. The topological polar surface area (TPSA) is 88.4 Å². The number of halogens is 4. The van der Waals surface area contributed by atoms with Crippen molar-refractivity contribution in [3.8, 4) is 17.2 Å². The van der Waals surface area contributed by atoms with Gasteiger partial charge >= 0.3 is 5.97 Å². The van der Waals surface area contributed by atoms with E-state index in [4.69, 9.17) is 42.1 Å². The number of methoxy groups -OCH3 is 1. The van der Waals surface area contributed by atoms with Gasteiger partial charge < -0.3 is 18.9 Å². The zero-order valence-corrected chi connectivity index (χ0v) is 29.7. The predicted molar refractivity (Wildman–Crippen MR) is 183 cm³/mol. The van der Waals surface area contributed by atoms with Gasteiger partial charge in [0.2, 0.25) is 0 Å². The summed E-state index contributed by atoms with van der Waals surface area (Å²) in [5.41, 5.74) is 2.07. The summed E-state index contributed by atoms with van der Waals surface area (Å²) in [6.07, 6.45) is 3.22. The van der Waals surface area contributed by atoms with Gasteiger partial charge in [0.15, 0.2) is 16.3 Å². The summed E-state index contributed by atoms with van der Waals surface area (Å²) in [7, 11) is 1.29. The van der Waals surface area contributed by atoms with Gasteiger partial charge in [0, 0.05) is 21.8 Å². The van der Waals surface area contributed by atoms with E-state index in [0.29, 0.717) is 64.4 Å². The normalized spacial score (nSPS) is 14.3. The quantitative estimate of drug-likeness (QED) is 0.158. The van der Waals surface area contributed by atoms with Crippen molar-refractivity contribution in [1.82, 2.24) is 4.57 Å². The van der Waals surface area contributed by atoms with E-state index >= 15 is 0 Å². The minimum absolute atomic E-state index is 0.218. The van der Waals surface area contributed by atoms with Gasteiger partial charge in [-0.3, -0.25) is 9.36 Å². The SMILES string of the molecule is CCOc1ccc([C@H]2C(C(=O)OC)=CN=c3s/c(=C\c4cc(Br)c(OCc5ccc(Cl)cc5Cl)c(Br)c4)c(=O)n32)cc1OCC. The van der Waals surface area contributed by atoms with E-state index in [-0.39, 0.29) is 17.7 Å². The zero-order valence-electron chi connectivity index (χ0n) is 24.2. The highest BCUT2D eigenvalue weighted by Crippen LogP contribution is 2.37. The lowest BCUT2D eigenvalue weighted by atomic mass is 9.97. The van der Waals surface area contributed by atoms with Crippen molar-refractivity contribution >= 4 is 78.4 Å². The first-order valence-corrected chi connectivity index (χ1v) is 16.9. The molecule has 0 bridgehead atoms. The smallest absolute Gasteiger partial charge is 0.337 e. The van der Waals surface area contributed by atoms with Crippen molar-refractivity contribution in [2.45, 2.75) is 26.5 Å². The molecule has 5 rings (SSSR count). The van der Waals surface area contributed by atoms with Crippen LogP contribution in [0.25, 0.3) is 6.08 Å². The van der Waals surface area contributed by atoms with E-state index in [2.05, 4.69) is 36.9 Å². The van der Waals surface area contributed by atoms with Crippen molar-refractivity contribution in [2.75, 3.05) is 20.3 Å². The van der Waals surface area contributed by atoms with E-state index in [0.717, 1.165) is 11.1 Å². The Balaban J connectivity index is 1.54. The van der Waals surface area contributed by atoms with Crippen LogP contribution in [0.3, 0.4) is 0 Å². The molecule has 45 heavy (non-hydrogen) atoms. The number of carbonyl (C=O) groups excluding carboxylic acids is 1. The number of thiazole rings is 1. The van der Waals surface area contributed by atoms with Crippen molar-refractivity contribution in [3.05, 3.63) is 116 Å². The van der Waals surface area contributed by atoms with E-state index < -0.39 is 12.0 Å². The van der Waals surface area contributed by atoms with Gasteiger partial charge in [0.25, 0.3) is 5.56 Å². The van der Waals surface area contributed by atoms with Crippen molar-refractivity contribution in [1.29, 1.82) is 0 Å². The first-order chi connectivity index (χ1) is 21.6. The Kier molecular flexibility index (Phi) is 10.8. The number of hydrogen-bond donors (Lipinski definition) is 0. The van der Waals surface area contributed by atoms with Crippen molar-refractivity contribution in [2.24, 2.45) is 4.99 Å². The molecule has 234 valence electrons. The maximum Gasteiger partial charge on any atom is 0.337 e. The van der Waals surface area contributed by atoms with Crippen LogP contribution < -0.4 is 29.1 Å². The lowest BCUT2D eigenvalue weighted by molar-refractivity contribution is -0.136. The van der Waals surface area contributed by atoms with Gasteiger partial charge in [-0.25, -0.2) is 9.79 Å². The summed E-state index contributed by atoms with van der Waals surface area (Å²) in [5.74, 6) is 1.06. The number of aromatic nitrogens is 1. The van der Waals surface area contributed by atoms with E-state index in [1.807, 2.05) is 38.1 Å². The third-order valence-corrected chi connectivity index (χ3v) is 9.48. The van der Waals surface area contributed by atoms with Crippen LogP contribution in [0.5, 0.6) is 17.2 Å². The molecule has 2 heterocycles. The van der Waals surface area contributed by atoms with E-state index in [9.17, 15) is 9.59 Å². The number of ether oxygens (including phenoxy) is 4. The summed E-state index contributed by atoms with van der Waals surface area (Å²) in [6, 6.07) is 13.5. The monoisotopic (exact) mass is 794 g/mol. The van der Waals surface area contributed by atoms with Crippen LogP contribution in [0.2, 0.25) is 10.0 Å². The Morgan fingerprint density at radius 2 is 1.71 bits per heavy atom. The molecule has 0 aliphatic carbocycles. The van der Waals surface area contributed by atoms with Gasteiger partial charge in [0.05, 0.1) is 45.4 Å². The van der Waals surface area contributed by atoms with Crippen LogP contribution in [-0.2, 0) is 16.1 Å².